The summed E-state index contributed by atoms with van der Waals surface area (Å²) in [6.07, 6.45) is 13.3. The number of rotatable bonds is 10. The molecule has 0 heterocycles. The van der Waals surface area contributed by atoms with Gasteiger partial charge in [0.1, 0.15) is 5.69 Å². The molecule has 0 amide bonds. The monoisotopic (exact) mass is 332 g/mol. The number of anilines is 1. The van der Waals surface area contributed by atoms with Gasteiger partial charge in [-0.3, -0.25) is 25.7 Å². The third-order valence-electron chi connectivity index (χ3n) is 2.97. The molecule has 0 fully saturated rings. The highest BCUT2D eigenvalue weighted by Crippen LogP contribution is 2.28. The van der Waals surface area contributed by atoms with Gasteiger partial charge in [-0.1, -0.05) is 31.2 Å². The molecule has 0 aliphatic rings. The van der Waals surface area contributed by atoms with Gasteiger partial charge in [-0.05, 0) is 31.7 Å². The number of non-ortho nitro benzene ring substituents is 1. The lowest BCUT2D eigenvalue weighted by Crippen LogP contribution is -1.98. The Labute approximate surface area is 139 Å². The van der Waals surface area contributed by atoms with Crippen molar-refractivity contribution in [2.75, 3.05) is 5.43 Å². The number of hydrogen-bond acceptors (Lipinski definition) is 6. The normalized spacial score (nSPS) is 11.5. The van der Waals surface area contributed by atoms with E-state index in [-0.39, 0.29) is 17.1 Å². The zero-order valence-electron chi connectivity index (χ0n) is 13.4. The Kier molecular flexibility index (Phi) is 8.44. The summed E-state index contributed by atoms with van der Waals surface area (Å²) in [4.78, 5) is 20.2. The van der Waals surface area contributed by atoms with E-state index in [2.05, 4.69) is 35.7 Å². The molecule has 1 aromatic rings. The number of hydrogen-bond donors (Lipinski definition) is 1. The number of nitro groups is 2. The van der Waals surface area contributed by atoms with Gasteiger partial charge < -0.3 is 0 Å². The maximum Gasteiger partial charge on any atom is 0.301 e. The van der Waals surface area contributed by atoms with Crippen LogP contribution >= 0.6 is 0 Å². The molecule has 1 rings (SSSR count). The molecule has 8 nitrogen and oxygen atoms in total. The molecule has 128 valence electrons. The predicted octanol–water partition coefficient (Wildman–Crippen LogP) is 4.59. The number of nitrogens with one attached hydrogen (secondary N) is 1. The van der Waals surface area contributed by atoms with Gasteiger partial charge in [-0.25, -0.2) is 0 Å². The molecule has 0 spiro atoms. The highest BCUT2D eigenvalue weighted by Gasteiger charge is 2.18. The van der Waals surface area contributed by atoms with Gasteiger partial charge in [0.25, 0.3) is 5.69 Å². The van der Waals surface area contributed by atoms with Gasteiger partial charge in [0, 0.05) is 12.3 Å². The minimum absolute atomic E-state index is 0.113. The first kappa shape index (κ1) is 19.0. The summed E-state index contributed by atoms with van der Waals surface area (Å²) in [5.41, 5.74) is 1.94. The number of benzene rings is 1. The van der Waals surface area contributed by atoms with E-state index in [1.165, 1.54) is 12.1 Å². The Hall–Kier alpha value is -3.03. The lowest BCUT2D eigenvalue weighted by Gasteiger charge is -2.01. The van der Waals surface area contributed by atoms with E-state index < -0.39 is 9.85 Å². The predicted molar refractivity (Wildman–Crippen MR) is 94.3 cm³/mol. The van der Waals surface area contributed by atoms with E-state index in [1.807, 2.05) is 6.08 Å². The number of nitrogens with zero attached hydrogens (tertiary/aromatic N) is 3. The molecule has 8 heteroatoms. The van der Waals surface area contributed by atoms with Gasteiger partial charge in [0.2, 0.25) is 0 Å². The van der Waals surface area contributed by atoms with E-state index in [0.29, 0.717) is 6.42 Å². The van der Waals surface area contributed by atoms with Crippen molar-refractivity contribution < 1.29 is 9.85 Å². The van der Waals surface area contributed by atoms with Gasteiger partial charge >= 0.3 is 5.69 Å². The third-order valence-corrected chi connectivity index (χ3v) is 2.97. The van der Waals surface area contributed by atoms with Crippen LogP contribution < -0.4 is 5.43 Å². The Morgan fingerprint density at radius 1 is 1.08 bits per heavy atom. The Morgan fingerprint density at radius 2 is 1.83 bits per heavy atom. The van der Waals surface area contributed by atoms with Gasteiger partial charge in [0.15, 0.2) is 0 Å². The zero-order valence-corrected chi connectivity index (χ0v) is 13.4. The van der Waals surface area contributed by atoms with Crippen molar-refractivity contribution in [1.29, 1.82) is 0 Å². The lowest BCUT2D eigenvalue weighted by molar-refractivity contribution is -0.393. The summed E-state index contributed by atoms with van der Waals surface area (Å²) >= 11 is 0. The third kappa shape index (κ3) is 6.82. The molecule has 1 N–H and O–H groups in total. The average Bonchev–Trinajstić information content (AvgIpc) is 2.56. The Bertz CT molecular complexity index is 653. The maximum atomic E-state index is 11.0. The van der Waals surface area contributed by atoms with Crippen LogP contribution in [-0.2, 0) is 0 Å². The molecule has 0 aliphatic carbocycles. The molecule has 0 aliphatic heterocycles. The SMILES string of the molecule is CC/C=C\C/C=C\CCC=NNc1ccc([N+](=O)[O-])cc1[N+](=O)[O-]. The second kappa shape index (κ2) is 10.7. The van der Waals surface area contributed by atoms with E-state index in [1.54, 1.807) is 6.21 Å². The molecule has 0 atom stereocenters. The Morgan fingerprint density at radius 3 is 2.50 bits per heavy atom. The number of unbranched alkanes of at least 4 members (excludes halogenated alkanes) is 1. The van der Waals surface area contributed by atoms with Gasteiger partial charge in [-0.15, -0.1) is 0 Å². The molecule has 24 heavy (non-hydrogen) atoms. The Balaban J connectivity index is 2.50. The fourth-order valence-corrected chi connectivity index (χ4v) is 1.79. The van der Waals surface area contributed by atoms with Crippen molar-refractivity contribution in [1.82, 2.24) is 0 Å². The number of nitro benzene ring substituents is 2. The van der Waals surface area contributed by atoms with Crippen molar-refractivity contribution >= 4 is 23.3 Å². The van der Waals surface area contributed by atoms with Gasteiger partial charge in [-0.2, -0.15) is 5.10 Å². The van der Waals surface area contributed by atoms with Crippen molar-refractivity contribution in [3.63, 3.8) is 0 Å². The fraction of sp³-hybridized carbons (Fsp3) is 0.312. The summed E-state index contributed by atoms with van der Waals surface area (Å²) in [5.74, 6) is 0. The molecule has 1 aromatic carbocycles. The van der Waals surface area contributed by atoms with Crippen LogP contribution in [0.1, 0.15) is 32.6 Å². The first-order chi connectivity index (χ1) is 11.6. The summed E-state index contributed by atoms with van der Waals surface area (Å²) in [7, 11) is 0. The van der Waals surface area contributed by atoms with Crippen LogP contribution in [0.4, 0.5) is 17.1 Å². The highest BCUT2D eigenvalue weighted by atomic mass is 16.6. The smallest absolute Gasteiger partial charge is 0.272 e. The van der Waals surface area contributed by atoms with Crippen LogP contribution in [0.3, 0.4) is 0 Å². The van der Waals surface area contributed by atoms with Crippen LogP contribution in [-0.4, -0.2) is 16.1 Å². The minimum atomic E-state index is -0.683. The molecular weight excluding hydrogens is 312 g/mol. The maximum absolute atomic E-state index is 11.0. The molecule has 0 saturated heterocycles. The van der Waals surface area contributed by atoms with E-state index in [0.717, 1.165) is 25.3 Å². The lowest BCUT2D eigenvalue weighted by atomic mass is 10.2. The van der Waals surface area contributed by atoms with E-state index in [9.17, 15) is 20.2 Å². The van der Waals surface area contributed by atoms with Crippen molar-refractivity contribution in [3.05, 3.63) is 62.7 Å². The molecule has 0 unspecified atom stereocenters. The highest BCUT2D eigenvalue weighted by molar-refractivity contribution is 5.67. The standard InChI is InChI=1S/C16H20N4O4/c1-2-3-4-5-6-7-8-9-12-17-18-15-11-10-14(19(21)22)13-16(15)20(23)24/h3-4,6-7,10-13,18H,2,5,8-9H2,1H3/b4-3-,7-6-,17-12?. The van der Waals surface area contributed by atoms with Crippen LogP contribution in [0.5, 0.6) is 0 Å². The number of allylic oxidation sites excluding steroid dienone is 4. The fourth-order valence-electron chi connectivity index (χ4n) is 1.79. The first-order valence-electron chi connectivity index (χ1n) is 7.56. The van der Waals surface area contributed by atoms with Gasteiger partial charge in [0.05, 0.1) is 15.9 Å². The first-order valence-corrected chi connectivity index (χ1v) is 7.56. The zero-order chi connectivity index (χ0) is 17.8. The number of hydrazone groups is 1. The summed E-state index contributed by atoms with van der Waals surface area (Å²) in [6.45, 7) is 2.08. The summed E-state index contributed by atoms with van der Waals surface area (Å²) in [5, 5.41) is 25.5. The average molecular weight is 332 g/mol. The summed E-state index contributed by atoms with van der Waals surface area (Å²) < 4.78 is 0. The summed E-state index contributed by atoms with van der Waals surface area (Å²) in [6, 6.07) is 3.37. The van der Waals surface area contributed by atoms with E-state index >= 15 is 0 Å². The van der Waals surface area contributed by atoms with Crippen LogP contribution in [0, 0.1) is 20.2 Å². The topological polar surface area (TPSA) is 111 Å². The van der Waals surface area contributed by atoms with Crippen LogP contribution in [0.15, 0.2) is 47.6 Å². The van der Waals surface area contributed by atoms with Crippen LogP contribution in [0.2, 0.25) is 0 Å². The van der Waals surface area contributed by atoms with Crippen molar-refractivity contribution in [3.8, 4) is 0 Å². The molecule has 0 aromatic heterocycles. The van der Waals surface area contributed by atoms with Crippen LogP contribution in [0.25, 0.3) is 0 Å². The molecule has 0 radical (unpaired) electrons. The molecule has 0 bridgehead atoms. The van der Waals surface area contributed by atoms with E-state index in [4.69, 9.17) is 0 Å². The second-order valence-electron chi connectivity index (χ2n) is 4.80. The quantitative estimate of drug-likeness (QED) is 0.221. The largest absolute Gasteiger partial charge is 0.301 e. The molecular formula is C16H20N4O4. The van der Waals surface area contributed by atoms with Crippen molar-refractivity contribution in [2.24, 2.45) is 5.10 Å². The molecule has 0 saturated carbocycles. The second-order valence-corrected chi connectivity index (χ2v) is 4.80. The van der Waals surface area contributed by atoms with Crippen molar-refractivity contribution in [2.45, 2.75) is 32.6 Å². The minimum Gasteiger partial charge on any atom is -0.272 e.